The molecule has 0 saturated carbocycles. The zero-order chi connectivity index (χ0) is 10.7. The van der Waals surface area contributed by atoms with Gasteiger partial charge in [0.25, 0.3) is 0 Å². The molecule has 6 heteroatoms. The van der Waals surface area contributed by atoms with Gasteiger partial charge in [0.1, 0.15) is 5.82 Å². The maximum atomic E-state index is 12.9. The summed E-state index contributed by atoms with van der Waals surface area (Å²) in [6.45, 7) is 0. The van der Waals surface area contributed by atoms with Crippen LogP contribution in [0.2, 0.25) is 0 Å². The van der Waals surface area contributed by atoms with Gasteiger partial charge in [-0.25, -0.2) is 13.2 Å². The third kappa shape index (κ3) is 2.45. The van der Waals surface area contributed by atoms with Crippen molar-refractivity contribution in [2.24, 2.45) is 10.3 Å². The van der Waals surface area contributed by atoms with Crippen LogP contribution in [-0.4, -0.2) is 19.1 Å². The van der Waals surface area contributed by atoms with Crippen molar-refractivity contribution in [3.8, 4) is 0 Å². The predicted molar refractivity (Wildman–Crippen MR) is 44.5 cm³/mol. The number of nitrogens with zero attached hydrogens (tertiary/aromatic N) is 3. The predicted octanol–water partition coefficient (Wildman–Crippen LogP) is 2.66. The molecule has 0 radical (unpaired) electrons. The first kappa shape index (κ1) is 10.5. The summed E-state index contributed by atoms with van der Waals surface area (Å²) in [5.74, 6) is -3.13. The average Bonchev–Trinajstić information content (AvgIpc) is 2.01. The molecule has 3 nitrogen and oxygen atoms in total. The minimum atomic E-state index is -1.08. The van der Waals surface area contributed by atoms with Crippen LogP contribution in [0.4, 0.5) is 18.9 Å². The van der Waals surface area contributed by atoms with E-state index in [4.69, 9.17) is 0 Å². The molecule has 0 atom stereocenters. The first-order chi connectivity index (χ1) is 6.50. The van der Waals surface area contributed by atoms with E-state index in [1.165, 1.54) is 5.01 Å². The molecule has 1 rings (SSSR count). The van der Waals surface area contributed by atoms with Crippen molar-refractivity contribution in [3.05, 3.63) is 29.6 Å². The molecule has 1 aromatic rings. The smallest absolute Gasteiger partial charge is 0.159 e. The van der Waals surface area contributed by atoms with Gasteiger partial charge in [-0.1, -0.05) is 5.22 Å². The molecule has 0 N–H and O–H groups in total. The fraction of sp³-hybridized carbons (Fsp3) is 0.250. The van der Waals surface area contributed by atoms with Crippen LogP contribution < -0.4 is 0 Å². The molecule has 0 aliphatic heterocycles. The Balaban J connectivity index is 3.09. The fourth-order valence-corrected chi connectivity index (χ4v) is 0.764. The van der Waals surface area contributed by atoms with Crippen LogP contribution in [0.25, 0.3) is 0 Å². The number of benzene rings is 1. The highest BCUT2D eigenvalue weighted by Gasteiger charge is 2.10. The van der Waals surface area contributed by atoms with Crippen LogP contribution in [0.1, 0.15) is 0 Å². The van der Waals surface area contributed by atoms with Crippen molar-refractivity contribution in [2.75, 3.05) is 14.1 Å². The van der Waals surface area contributed by atoms with E-state index in [1.54, 1.807) is 14.1 Å². The van der Waals surface area contributed by atoms with Gasteiger partial charge in [0.2, 0.25) is 0 Å². The zero-order valence-electron chi connectivity index (χ0n) is 7.63. The maximum absolute atomic E-state index is 12.9. The van der Waals surface area contributed by atoms with E-state index in [1.807, 2.05) is 0 Å². The summed E-state index contributed by atoms with van der Waals surface area (Å²) in [5, 5.41) is 7.95. The van der Waals surface area contributed by atoms with E-state index in [2.05, 4.69) is 10.3 Å². The van der Waals surface area contributed by atoms with Crippen molar-refractivity contribution in [2.45, 2.75) is 0 Å². The van der Waals surface area contributed by atoms with Gasteiger partial charge in [-0.3, -0.25) is 5.01 Å². The summed E-state index contributed by atoms with van der Waals surface area (Å²) in [6.07, 6.45) is 0. The lowest BCUT2D eigenvalue weighted by molar-refractivity contribution is 0.405. The monoisotopic (exact) mass is 203 g/mol. The third-order valence-corrected chi connectivity index (χ3v) is 1.31. The van der Waals surface area contributed by atoms with E-state index in [0.29, 0.717) is 12.1 Å². The van der Waals surface area contributed by atoms with E-state index in [0.717, 1.165) is 0 Å². The molecular formula is C8H8F3N3. The Morgan fingerprint density at radius 3 is 2.00 bits per heavy atom. The minimum absolute atomic E-state index is 0.549. The second-order valence-electron chi connectivity index (χ2n) is 2.75. The first-order valence-electron chi connectivity index (χ1n) is 3.74. The van der Waals surface area contributed by atoms with Crippen molar-refractivity contribution < 1.29 is 13.2 Å². The van der Waals surface area contributed by atoms with Crippen LogP contribution in [0.3, 0.4) is 0 Å². The van der Waals surface area contributed by atoms with Crippen molar-refractivity contribution in [1.29, 1.82) is 0 Å². The van der Waals surface area contributed by atoms with Crippen molar-refractivity contribution in [1.82, 2.24) is 5.01 Å². The molecule has 0 aliphatic rings. The first-order valence-corrected chi connectivity index (χ1v) is 3.74. The molecule has 0 bridgehead atoms. The summed E-state index contributed by atoms with van der Waals surface area (Å²) in [4.78, 5) is 0. The van der Waals surface area contributed by atoms with Gasteiger partial charge < -0.3 is 0 Å². The zero-order valence-corrected chi connectivity index (χ0v) is 7.63. The van der Waals surface area contributed by atoms with Gasteiger partial charge in [-0.2, -0.15) is 0 Å². The quantitative estimate of drug-likeness (QED) is 0.536. The lowest BCUT2D eigenvalue weighted by Crippen LogP contribution is -1.99. The van der Waals surface area contributed by atoms with Crippen LogP contribution in [-0.2, 0) is 0 Å². The van der Waals surface area contributed by atoms with E-state index >= 15 is 0 Å². The highest BCUT2D eigenvalue weighted by molar-refractivity contribution is 5.39. The van der Waals surface area contributed by atoms with Crippen molar-refractivity contribution >= 4 is 5.69 Å². The van der Waals surface area contributed by atoms with Crippen LogP contribution in [0.5, 0.6) is 0 Å². The SMILES string of the molecule is CN(C)N=Nc1c(F)cc(F)cc1F. The largest absolute Gasteiger partial charge is 0.285 e. The van der Waals surface area contributed by atoms with E-state index in [9.17, 15) is 13.2 Å². The topological polar surface area (TPSA) is 28.0 Å². The summed E-state index contributed by atoms with van der Waals surface area (Å²) < 4.78 is 38.3. The lowest BCUT2D eigenvalue weighted by atomic mass is 10.3. The van der Waals surface area contributed by atoms with Crippen LogP contribution in [0, 0.1) is 17.5 Å². The van der Waals surface area contributed by atoms with Crippen LogP contribution in [0.15, 0.2) is 22.5 Å². The van der Waals surface area contributed by atoms with Gasteiger partial charge in [-0.05, 0) is 0 Å². The summed E-state index contributed by atoms with van der Waals surface area (Å²) in [7, 11) is 3.09. The lowest BCUT2D eigenvalue weighted by Gasteiger charge is -2.02. The van der Waals surface area contributed by atoms with Crippen LogP contribution >= 0.6 is 0 Å². The standard InChI is InChI=1S/C8H8F3N3/c1-14(2)13-12-8-6(10)3-5(9)4-7(8)11/h3-4H,1-2H3. The second kappa shape index (κ2) is 4.08. The van der Waals surface area contributed by atoms with Crippen molar-refractivity contribution in [3.63, 3.8) is 0 Å². The number of rotatable bonds is 2. The maximum Gasteiger partial charge on any atom is 0.159 e. The number of hydrogen-bond acceptors (Lipinski definition) is 2. The molecule has 0 aromatic heterocycles. The highest BCUT2D eigenvalue weighted by atomic mass is 19.1. The second-order valence-corrected chi connectivity index (χ2v) is 2.75. The Kier molecular flexibility index (Phi) is 3.06. The van der Waals surface area contributed by atoms with E-state index in [-0.39, 0.29) is 0 Å². The molecule has 0 saturated heterocycles. The fourth-order valence-electron chi connectivity index (χ4n) is 0.764. The molecule has 1 aromatic carbocycles. The normalized spacial score (nSPS) is 10.9. The Bertz CT molecular complexity index is 340. The number of hydrogen-bond donors (Lipinski definition) is 0. The highest BCUT2D eigenvalue weighted by Crippen LogP contribution is 2.23. The van der Waals surface area contributed by atoms with E-state index < -0.39 is 23.1 Å². The molecule has 0 amide bonds. The summed E-state index contributed by atoms with van der Waals surface area (Å²) in [5.41, 5.74) is -0.597. The Morgan fingerprint density at radius 1 is 1.07 bits per heavy atom. The van der Waals surface area contributed by atoms with Gasteiger partial charge in [0, 0.05) is 26.2 Å². The van der Waals surface area contributed by atoms with Gasteiger partial charge in [0.05, 0.1) is 0 Å². The molecule has 0 fully saturated rings. The average molecular weight is 203 g/mol. The van der Waals surface area contributed by atoms with Gasteiger partial charge >= 0.3 is 0 Å². The Hall–Kier alpha value is -1.59. The Labute approximate surface area is 78.8 Å². The molecule has 0 heterocycles. The van der Waals surface area contributed by atoms with Gasteiger partial charge in [-0.15, -0.1) is 5.11 Å². The molecule has 0 unspecified atom stereocenters. The summed E-state index contributed by atoms with van der Waals surface area (Å²) >= 11 is 0. The molecule has 0 spiro atoms. The Morgan fingerprint density at radius 2 is 1.57 bits per heavy atom. The molecule has 0 aliphatic carbocycles. The molecular weight excluding hydrogens is 195 g/mol. The number of halogens is 3. The third-order valence-electron chi connectivity index (χ3n) is 1.31. The minimum Gasteiger partial charge on any atom is -0.285 e. The summed E-state index contributed by atoms with van der Waals surface area (Å²) in [6, 6.07) is 1.10. The molecule has 14 heavy (non-hydrogen) atoms. The van der Waals surface area contributed by atoms with Gasteiger partial charge in [0.15, 0.2) is 17.3 Å². The molecule has 76 valence electrons.